The van der Waals surface area contributed by atoms with Crippen molar-refractivity contribution in [2.45, 2.75) is 13.5 Å². The highest BCUT2D eigenvalue weighted by molar-refractivity contribution is 9.10. The third kappa shape index (κ3) is 3.31. The highest BCUT2D eigenvalue weighted by Gasteiger charge is 2.01. The van der Waals surface area contributed by atoms with Crippen molar-refractivity contribution < 1.29 is 4.74 Å². The van der Waals surface area contributed by atoms with Gasteiger partial charge in [-0.25, -0.2) is 4.98 Å². The van der Waals surface area contributed by atoms with E-state index >= 15 is 0 Å². The van der Waals surface area contributed by atoms with Crippen LogP contribution < -0.4 is 10.1 Å². The Bertz CT molecular complexity index is 526. The maximum absolute atomic E-state index is 5.69. The largest absolute Gasteiger partial charge is 0.439 e. The van der Waals surface area contributed by atoms with Crippen molar-refractivity contribution in [2.75, 3.05) is 7.05 Å². The van der Waals surface area contributed by atoms with Gasteiger partial charge in [0, 0.05) is 23.3 Å². The zero-order valence-corrected chi connectivity index (χ0v) is 12.0. The van der Waals surface area contributed by atoms with E-state index in [0.29, 0.717) is 5.88 Å². The quantitative estimate of drug-likeness (QED) is 0.936. The number of benzene rings is 1. The van der Waals surface area contributed by atoms with Crippen LogP contribution in [-0.4, -0.2) is 12.0 Å². The fraction of sp³-hybridized carbons (Fsp3) is 0.214. The number of ether oxygens (including phenoxy) is 1. The number of hydrogen-bond donors (Lipinski definition) is 1. The number of rotatable bonds is 4. The lowest BCUT2D eigenvalue weighted by molar-refractivity contribution is 0.462. The first-order chi connectivity index (χ1) is 8.69. The molecule has 0 unspecified atom stereocenters. The molecule has 1 N–H and O–H groups in total. The van der Waals surface area contributed by atoms with Gasteiger partial charge in [-0.05, 0) is 53.2 Å². The molecular formula is C14H15BrN2O. The van der Waals surface area contributed by atoms with Crippen molar-refractivity contribution >= 4 is 15.9 Å². The Kier molecular flexibility index (Phi) is 4.33. The van der Waals surface area contributed by atoms with E-state index in [9.17, 15) is 0 Å². The molecule has 1 aromatic carbocycles. The Morgan fingerprint density at radius 2 is 2.00 bits per heavy atom. The minimum absolute atomic E-state index is 0.608. The third-order valence-corrected chi connectivity index (χ3v) is 3.38. The van der Waals surface area contributed by atoms with Crippen LogP contribution in [0.25, 0.3) is 0 Å². The van der Waals surface area contributed by atoms with E-state index in [4.69, 9.17) is 4.74 Å². The number of hydrogen-bond acceptors (Lipinski definition) is 3. The van der Waals surface area contributed by atoms with Gasteiger partial charge in [-0.15, -0.1) is 0 Å². The topological polar surface area (TPSA) is 34.1 Å². The van der Waals surface area contributed by atoms with Gasteiger partial charge < -0.3 is 10.1 Å². The summed E-state index contributed by atoms with van der Waals surface area (Å²) in [6.45, 7) is 2.87. The minimum atomic E-state index is 0.608. The molecule has 1 heterocycles. The van der Waals surface area contributed by atoms with Crippen LogP contribution in [0.15, 0.2) is 41.0 Å². The first-order valence-electron chi connectivity index (χ1n) is 5.72. The van der Waals surface area contributed by atoms with Crippen molar-refractivity contribution in [1.82, 2.24) is 10.3 Å². The molecule has 94 valence electrons. The van der Waals surface area contributed by atoms with Gasteiger partial charge in [0.05, 0.1) is 0 Å². The third-order valence-electron chi connectivity index (χ3n) is 2.55. The molecule has 1 aromatic heterocycles. The molecular weight excluding hydrogens is 292 g/mol. The van der Waals surface area contributed by atoms with E-state index in [2.05, 4.69) is 26.2 Å². The SMILES string of the molecule is CNCc1ccc(Oc2cc(C)c(Br)cn2)cc1. The average Bonchev–Trinajstić information content (AvgIpc) is 2.37. The number of aryl methyl sites for hydroxylation is 1. The summed E-state index contributed by atoms with van der Waals surface area (Å²) in [5.74, 6) is 1.40. The predicted octanol–water partition coefficient (Wildman–Crippen LogP) is 3.66. The predicted molar refractivity (Wildman–Crippen MR) is 76.0 cm³/mol. The van der Waals surface area contributed by atoms with Crippen LogP contribution in [0.3, 0.4) is 0 Å². The maximum atomic E-state index is 5.69. The molecule has 0 bridgehead atoms. The molecule has 0 aliphatic carbocycles. The summed E-state index contributed by atoms with van der Waals surface area (Å²) in [5.41, 5.74) is 2.33. The second kappa shape index (κ2) is 5.98. The van der Waals surface area contributed by atoms with Crippen LogP contribution in [0.5, 0.6) is 11.6 Å². The molecule has 0 aliphatic rings. The van der Waals surface area contributed by atoms with E-state index in [0.717, 1.165) is 22.3 Å². The summed E-state index contributed by atoms with van der Waals surface area (Å²) < 4.78 is 6.68. The molecule has 3 nitrogen and oxygen atoms in total. The first kappa shape index (κ1) is 13.1. The van der Waals surface area contributed by atoms with E-state index in [-0.39, 0.29) is 0 Å². The Morgan fingerprint density at radius 1 is 1.28 bits per heavy atom. The molecule has 0 amide bonds. The lowest BCUT2D eigenvalue weighted by Crippen LogP contribution is -2.04. The van der Waals surface area contributed by atoms with Gasteiger partial charge in [-0.2, -0.15) is 0 Å². The molecule has 18 heavy (non-hydrogen) atoms. The van der Waals surface area contributed by atoms with Gasteiger partial charge in [0.2, 0.25) is 5.88 Å². The highest BCUT2D eigenvalue weighted by Crippen LogP contribution is 2.23. The molecule has 0 aliphatic heterocycles. The molecule has 0 radical (unpaired) electrons. The van der Waals surface area contributed by atoms with Gasteiger partial charge in [-0.1, -0.05) is 12.1 Å². The average molecular weight is 307 g/mol. The Labute approximate surface area is 115 Å². The summed E-state index contributed by atoms with van der Waals surface area (Å²) in [7, 11) is 1.93. The standard InChI is InChI=1S/C14H15BrN2O/c1-10-7-14(17-9-13(10)15)18-12-5-3-11(4-6-12)8-16-2/h3-7,9,16H,8H2,1-2H3. The number of nitrogens with one attached hydrogen (secondary N) is 1. The summed E-state index contributed by atoms with van der Waals surface area (Å²) in [4.78, 5) is 4.21. The molecule has 0 saturated heterocycles. The maximum Gasteiger partial charge on any atom is 0.219 e. The van der Waals surface area contributed by atoms with Crippen LogP contribution >= 0.6 is 15.9 Å². The van der Waals surface area contributed by atoms with Crippen LogP contribution in [0.1, 0.15) is 11.1 Å². The van der Waals surface area contributed by atoms with Crippen molar-refractivity contribution in [3.05, 3.63) is 52.1 Å². The first-order valence-corrected chi connectivity index (χ1v) is 6.52. The number of aromatic nitrogens is 1. The molecule has 0 saturated carbocycles. The van der Waals surface area contributed by atoms with Gasteiger partial charge in [0.15, 0.2) is 0 Å². The van der Waals surface area contributed by atoms with Crippen LogP contribution in [0.4, 0.5) is 0 Å². The van der Waals surface area contributed by atoms with E-state index in [1.807, 2.05) is 44.3 Å². The van der Waals surface area contributed by atoms with Crippen molar-refractivity contribution in [3.8, 4) is 11.6 Å². The Hall–Kier alpha value is -1.39. The molecule has 0 spiro atoms. The van der Waals surface area contributed by atoms with Gasteiger partial charge in [0.1, 0.15) is 5.75 Å². The summed E-state index contributed by atoms with van der Waals surface area (Å²) in [5, 5.41) is 3.11. The van der Waals surface area contributed by atoms with Crippen molar-refractivity contribution in [1.29, 1.82) is 0 Å². The summed E-state index contributed by atoms with van der Waals surface area (Å²) in [6.07, 6.45) is 1.75. The van der Waals surface area contributed by atoms with Crippen molar-refractivity contribution in [3.63, 3.8) is 0 Å². The van der Waals surface area contributed by atoms with Crippen LogP contribution in [-0.2, 0) is 6.54 Å². The zero-order chi connectivity index (χ0) is 13.0. The molecule has 2 rings (SSSR count). The van der Waals surface area contributed by atoms with E-state index in [1.165, 1.54) is 5.56 Å². The molecule has 0 atom stereocenters. The van der Waals surface area contributed by atoms with Crippen LogP contribution in [0.2, 0.25) is 0 Å². The van der Waals surface area contributed by atoms with Gasteiger partial charge >= 0.3 is 0 Å². The molecule has 0 fully saturated rings. The van der Waals surface area contributed by atoms with E-state index in [1.54, 1.807) is 6.20 Å². The highest BCUT2D eigenvalue weighted by atomic mass is 79.9. The Balaban J connectivity index is 2.10. The number of nitrogens with zero attached hydrogens (tertiary/aromatic N) is 1. The molecule has 2 aromatic rings. The fourth-order valence-corrected chi connectivity index (χ4v) is 1.79. The second-order valence-electron chi connectivity index (χ2n) is 4.05. The van der Waals surface area contributed by atoms with Crippen molar-refractivity contribution in [2.24, 2.45) is 0 Å². The lowest BCUT2D eigenvalue weighted by atomic mass is 10.2. The minimum Gasteiger partial charge on any atom is -0.439 e. The summed E-state index contributed by atoms with van der Waals surface area (Å²) >= 11 is 3.42. The Morgan fingerprint density at radius 3 is 2.61 bits per heavy atom. The summed E-state index contributed by atoms with van der Waals surface area (Å²) in [6, 6.07) is 9.89. The zero-order valence-electron chi connectivity index (χ0n) is 10.4. The van der Waals surface area contributed by atoms with Gasteiger partial charge in [0.25, 0.3) is 0 Å². The smallest absolute Gasteiger partial charge is 0.219 e. The number of halogens is 1. The van der Waals surface area contributed by atoms with Gasteiger partial charge in [-0.3, -0.25) is 0 Å². The second-order valence-corrected chi connectivity index (χ2v) is 4.90. The lowest BCUT2D eigenvalue weighted by Gasteiger charge is -2.07. The van der Waals surface area contributed by atoms with Crippen LogP contribution in [0, 0.1) is 6.92 Å². The fourth-order valence-electron chi connectivity index (χ4n) is 1.57. The monoisotopic (exact) mass is 306 g/mol. The normalized spacial score (nSPS) is 10.4. The van der Waals surface area contributed by atoms with E-state index < -0.39 is 0 Å². The number of pyridine rings is 1. The molecule has 4 heteroatoms.